The fraction of sp³-hybridized carbons (Fsp3) is 0.333. The second kappa shape index (κ2) is 5.73. The van der Waals surface area contributed by atoms with Gasteiger partial charge in [0.25, 0.3) is 0 Å². The van der Waals surface area contributed by atoms with Crippen molar-refractivity contribution in [3.05, 3.63) is 36.0 Å². The third-order valence-corrected chi connectivity index (χ3v) is 4.29. The molecule has 0 atom stereocenters. The van der Waals surface area contributed by atoms with Gasteiger partial charge in [0, 0.05) is 17.1 Å². The predicted molar refractivity (Wildman–Crippen MR) is 74.3 cm³/mol. The van der Waals surface area contributed by atoms with E-state index in [4.69, 9.17) is 11.6 Å². The van der Waals surface area contributed by atoms with Crippen molar-refractivity contribution in [2.45, 2.75) is 13.0 Å². The molecule has 0 fully saturated rings. The number of aromatic amines is 1. The average molecular weight is 287 g/mol. The highest BCUT2D eigenvalue weighted by atomic mass is 35.5. The average Bonchev–Trinajstić information content (AvgIpc) is 2.77. The molecule has 0 aliphatic carbocycles. The first kappa shape index (κ1) is 13.4. The Kier molecular flexibility index (Phi) is 4.27. The van der Waals surface area contributed by atoms with Gasteiger partial charge in [-0.1, -0.05) is 18.2 Å². The maximum atomic E-state index is 11.6. The van der Waals surface area contributed by atoms with E-state index in [0.29, 0.717) is 12.3 Å². The number of sulfonamides is 1. The van der Waals surface area contributed by atoms with Crippen LogP contribution in [-0.4, -0.2) is 25.0 Å². The molecule has 2 N–H and O–H groups in total. The summed E-state index contributed by atoms with van der Waals surface area (Å²) in [5.41, 5.74) is 1.86. The van der Waals surface area contributed by atoms with Gasteiger partial charge in [0.2, 0.25) is 10.0 Å². The number of rotatable bonds is 6. The molecule has 0 saturated carbocycles. The van der Waals surface area contributed by atoms with E-state index >= 15 is 0 Å². The second-order valence-corrected chi connectivity index (χ2v) is 6.37. The smallest absolute Gasteiger partial charge is 0.211 e. The van der Waals surface area contributed by atoms with Crippen LogP contribution in [0.4, 0.5) is 0 Å². The van der Waals surface area contributed by atoms with Crippen LogP contribution in [0.25, 0.3) is 10.9 Å². The fourth-order valence-corrected chi connectivity index (χ4v) is 3.07. The van der Waals surface area contributed by atoms with Crippen LogP contribution >= 0.6 is 11.6 Å². The summed E-state index contributed by atoms with van der Waals surface area (Å²) in [6.45, 7) is 0.277. The lowest BCUT2D eigenvalue weighted by molar-refractivity contribution is 0.579. The van der Waals surface area contributed by atoms with E-state index < -0.39 is 10.0 Å². The van der Waals surface area contributed by atoms with Gasteiger partial charge in [0.1, 0.15) is 0 Å². The van der Waals surface area contributed by atoms with E-state index in [2.05, 4.69) is 9.71 Å². The van der Waals surface area contributed by atoms with E-state index in [1.54, 1.807) is 0 Å². The van der Waals surface area contributed by atoms with Gasteiger partial charge in [-0.15, -0.1) is 11.6 Å². The van der Waals surface area contributed by atoms with Crippen molar-refractivity contribution in [2.75, 3.05) is 11.6 Å². The quantitative estimate of drug-likeness (QED) is 0.800. The Balaban J connectivity index is 2.01. The second-order valence-electron chi connectivity index (χ2n) is 4.06. The summed E-state index contributed by atoms with van der Waals surface area (Å²) in [6.07, 6.45) is 0.462. The molecule has 4 nitrogen and oxygen atoms in total. The highest BCUT2D eigenvalue weighted by Gasteiger charge is 2.09. The molecule has 18 heavy (non-hydrogen) atoms. The maximum Gasteiger partial charge on any atom is 0.211 e. The monoisotopic (exact) mass is 286 g/mol. The molecule has 0 saturated heterocycles. The summed E-state index contributed by atoms with van der Waals surface area (Å²) in [5.74, 6) is 0.421. The molecule has 0 aliphatic heterocycles. The van der Waals surface area contributed by atoms with Crippen LogP contribution in [0.2, 0.25) is 0 Å². The number of benzene rings is 1. The number of hydrogen-bond donors (Lipinski definition) is 2. The van der Waals surface area contributed by atoms with Crippen LogP contribution in [0.1, 0.15) is 12.1 Å². The molecular formula is C12H15ClN2O2S. The van der Waals surface area contributed by atoms with Crippen molar-refractivity contribution in [1.29, 1.82) is 0 Å². The molecule has 1 aromatic carbocycles. The molecule has 2 aromatic rings. The molecule has 0 unspecified atom stereocenters. The minimum atomic E-state index is -3.23. The molecule has 1 heterocycles. The van der Waals surface area contributed by atoms with Gasteiger partial charge in [0.05, 0.1) is 12.3 Å². The number of fused-ring (bicyclic) bond motifs is 1. The van der Waals surface area contributed by atoms with Crippen LogP contribution in [-0.2, 0) is 16.6 Å². The largest absolute Gasteiger partial charge is 0.357 e. The number of hydrogen-bond acceptors (Lipinski definition) is 2. The first-order valence-corrected chi connectivity index (χ1v) is 7.89. The lowest BCUT2D eigenvalue weighted by atomic mass is 10.2. The van der Waals surface area contributed by atoms with Crippen molar-refractivity contribution in [2.24, 2.45) is 0 Å². The molecule has 1 aromatic heterocycles. The third kappa shape index (κ3) is 3.48. The van der Waals surface area contributed by atoms with Gasteiger partial charge in [0.15, 0.2) is 0 Å². The Hall–Kier alpha value is -1.04. The number of para-hydroxylation sites is 1. The van der Waals surface area contributed by atoms with E-state index in [-0.39, 0.29) is 12.3 Å². The van der Waals surface area contributed by atoms with Crippen molar-refractivity contribution >= 4 is 32.5 Å². The molecule has 6 heteroatoms. The lowest BCUT2D eigenvalue weighted by Gasteiger charge is -2.04. The Bertz CT molecular complexity index is 589. The highest BCUT2D eigenvalue weighted by molar-refractivity contribution is 7.89. The summed E-state index contributed by atoms with van der Waals surface area (Å²) in [4.78, 5) is 3.17. The molecule has 0 aliphatic rings. The van der Waals surface area contributed by atoms with Crippen molar-refractivity contribution in [1.82, 2.24) is 9.71 Å². The van der Waals surface area contributed by atoms with Gasteiger partial charge in [-0.2, -0.15) is 0 Å². The molecule has 0 spiro atoms. The summed E-state index contributed by atoms with van der Waals surface area (Å²) >= 11 is 5.48. The van der Waals surface area contributed by atoms with E-state index in [1.807, 2.05) is 30.3 Å². The Morgan fingerprint density at radius 1 is 1.28 bits per heavy atom. The number of aromatic nitrogens is 1. The van der Waals surface area contributed by atoms with Gasteiger partial charge in [-0.3, -0.25) is 0 Å². The minimum Gasteiger partial charge on any atom is -0.357 e. The Morgan fingerprint density at radius 2 is 2.06 bits per heavy atom. The summed E-state index contributed by atoms with van der Waals surface area (Å²) in [7, 11) is -3.23. The Labute approximate surface area is 111 Å². The zero-order chi connectivity index (χ0) is 13.0. The lowest BCUT2D eigenvalue weighted by Crippen LogP contribution is -2.26. The van der Waals surface area contributed by atoms with Gasteiger partial charge < -0.3 is 4.98 Å². The van der Waals surface area contributed by atoms with Crippen LogP contribution < -0.4 is 4.72 Å². The van der Waals surface area contributed by atoms with Crippen LogP contribution in [0.15, 0.2) is 30.3 Å². The molecule has 98 valence electrons. The normalized spacial score (nSPS) is 12.1. The number of H-pyrrole nitrogens is 1. The first-order chi connectivity index (χ1) is 8.61. The van der Waals surface area contributed by atoms with Crippen molar-refractivity contribution in [3.63, 3.8) is 0 Å². The Morgan fingerprint density at radius 3 is 2.78 bits per heavy atom. The zero-order valence-corrected chi connectivity index (χ0v) is 11.4. The van der Waals surface area contributed by atoms with E-state index in [1.165, 1.54) is 0 Å². The first-order valence-electron chi connectivity index (χ1n) is 5.71. The summed E-state index contributed by atoms with van der Waals surface area (Å²) in [6, 6.07) is 9.77. The van der Waals surface area contributed by atoms with E-state index in [0.717, 1.165) is 16.6 Å². The van der Waals surface area contributed by atoms with Crippen LogP contribution in [0.3, 0.4) is 0 Å². The van der Waals surface area contributed by atoms with Gasteiger partial charge in [-0.05, 0) is 23.9 Å². The molecule has 2 rings (SSSR count). The van der Waals surface area contributed by atoms with Crippen molar-refractivity contribution < 1.29 is 8.42 Å². The fourth-order valence-electron chi connectivity index (χ4n) is 1.73. The van der Waals surface area contributed by atoms with Crippen LogP contribution in [0.5, 0.6) is 0 Å². The number of halogens is 1. The molecule has 0 radical (unpaired) electrons. The minimum absolute atomic E-state index is 0.0662. The highest BCUT2D eigenvalue weighted by Crippen LogP contribution is 2.14. The number of alkyl halides is 1. The standard InChI is InChI=1S/C12H15ClN2O2S/c13-6-3-7-18(16,17)14-9-11-8-10-4-1-2-5-12(10)15-11/h1-2,4-5,8,14-15H,3,6-7,9H2. The molecule has 0 amide bonds. The van der Waals surface area contributed by atoms with Gasteiger partial charge >= 0.3 is 0 Å². The van der Waals surface area contributed by atoms with Crippen LogP contribution in [0, 0.1) is 0 Å². The number of nitrogens with one attached hydrogen (secondary N) is 2. The third-order valence-electron chi connectivity index (χ3n) is 2.61. The molecular weight excluding hydrogens is 272 g/mol. The SMILES string of the molecule is O=S(=O)(CCCCl)NCc1cc2ccccc2[nH]1. The van der Waals surface area contributed by atoms with E-state index in [9.17, 15) is 8.42 Å². The summed E-state index contributed by atoms with van der Waals surface area (Å²) in [5, 5.41) is 1.08. The summed E-state index contributed by atoms with van der Waals surface area (Å²) < 4.78 is 25.7. The van der Waals surface area contributed by atoms with Gasteiger partial charge in [-0.25, -0.2) is 13.1 Å². The van der Waals surface area contributed by atoms with Crippen molar-refractivity contribution in [3.8, 4) is 0 Å². The topological polar surface area (TPSA) is 62.0 Å². The molecule has 0 bridgehead atoms. The zero-order valence-electron chi connectivity index (χ0n) is 9.82. The predicted octanol–water partition coefficient (Wildman–Crippen LogP) is 2.22. The maximum absolute atomic E-state index is 11.6.